The van der Waals surface area contributed by atoms with Crippen molar-refractivity contribution in [2.24, 2.45) is 46.3 Å². The lowest BCUT2D eigenvalue weighted by Gasteiger charge is -2.56. The third-order valence-corrected chi connectivity index (χ3v) is 22.3. The highest BCUT2D eigenvalue weighted by Crippen LogP contribution is 2.65. The molecule has 15 atom stereocenters. The molecule has 3 saturated heterocycles. The van der Waals surface area contributed by atoms with Crippen molar-refractivity contribution in [1.29, 1.82) is 0 Å². The zero-order valence-corrected chi connectivity index (χ0v) is 43.1. The Labute approximate surface area is 422 Å². The number of carbonyl (C=O) groups excluding carboxylic acids is 3. The van der Waals surface area contributed by atoms with Crippen LogP contribution in [-0.2, 0) is 23.9 Å². The van der Waals surface area contributed by atoms with Crippen LogP contribution in [0.15, 0.2) is 24.3 Å². The summed E-state index contributed by atoms with van der Waals surface area (Å²) in [6.07, 6.45) is 13.1. The summed E-state index contributed by atoms with van der Waals surface area (Å²) in [5, 5.41) is 57.7. The van der Waals surface area contributed by atoms with E-state index in [9.17, 15) is 30.0 Å². The zero-order chi connectivity index (χ0) is 49.0. The lowest BCUT2D eigenvalue weighted by Crippen LogP contribution is -2.65. The summed E-state index contributed by atoms with van der Waals surface area (Å²) in [6, 6.07) is 3.54. The van der Waals surface area contributed by atoms with Gasteiger partial charge in [0, 0.05) is 90.6 Å². The molecule has 1 aromatic rings. The Hall–Kier alpha value is -2.97. The molecular formula is C55H77N3O10S2. The number of ether oxygens (including phenoxy) is 3. The molecule has 13 nitrogen and oxygen atoms in total. The Bertz CT molecular complexity index is 2220. The average molecular weight is 1000 g/mol. The third-order valence-electron chi connectivity index (χ3n) is 19.3. The van der Waals surface area contributed by atoms with Crippen LogP contribution in [0.5, 0.6) is 11.5 Å². The van der Waals surface area contributed by atoms with E-state index in [0.29, 0.717) is 89.0 Å². The van der Waals surface area contributed by atoms with Crippen LogP contribution >= 0.6 is 21.6 Å². The predicted molar refractivity (Wildman–Crippen MR) is 270 cm³/mol. The highest BCUT2D eigenvalue weighted by atomic mass is 33.1. The highest BCUT2D eigenvalue weighted by molar-refractivity contribution is 8.77. The van der Waals surface area contributed by atoms with Gasteiger partial charge in [0.1, 0.15) is 17.7 Å². The molecule has 7 N–H and O–H groups in total. The largest absolute Gasteiger partial charge is 0.504 e. The lowest BCUT2D eigenvalue weighted by atomic mass is 9.51. The van der Waals surface area contributed by atoms with Crippen LogP contribution in [-0.4, -0.2) is 118 Å². The third kappa shape index (κ3) is 9.22. The number of carbonyl (C=O) groups is 3. The number of piperidine rings is 2. The van der Waals surface area contributed by atoms with Gasteiger partial charge in [-0.1, -0.05) is 71.4 Å². The van der Waals surface area contributed by atoms with Crippen molar-refractivity contribution in [3.63, 3.8) is 0 Å². The van der Waals surface area contributed by atoms with E-state index < -0.39 is 52.7 Å². The van der Waals surface area contributed by atoms with E-state index in [-0.39, 0.29) is 82.8 Å². The number of phenols is 1. The van der Waals surface area contributed by atoms with E-state index in [2.05, 4.69) is 46.0 Å². The molecule has 1 amide bonds. The fourth-order valence-electron chi connectivity index (χ4n) is 15.9. The first-order chi connectivity index (χ1) is 33.7. The Morgan fingerprint density at radius 1 is 1.01 bits per heavy atom. The minimum Gasteiger partial charge on any atom is -0.504 e. The van der Waals surface area contributed by atoms with Crippen LogP contribution in [0.3, 0.4) is 0 Å². The number of aliphatic hydroxyl groups excluding tert-OH is 2. The average Bonchev–Trinajstić information content (AvgIpc) is 3.83. The van der Waals surface area contributed by atoms with Crippen molar-refractivity contribution in [3.8, 4) is 23.3 Å². The Morgan fingerprint density at radius 3 is 2.56 bits per heavy atom. The second-order valence-electron chi connectivity index (χ2n) is 23.3. The quantitative estimate of drug-likeness (QED) is 0.0693. The molecule has 5 fully saturated rings. The molecule has 5 heterocycles. The zero-order valence-electron chi connectivity index (χ0n) is 41.4. The second kappa shape index (κ2) is 20.4. The van der Waals surface area contributed by atoms with Crippen LogP contribution in [0.4, 0.5) is 0 Å². The molecule has 0 radical (unpaired) electrons. The molecule has 15 heteroatoms. The number of amides is 1. The normalized spacial score (nSPS) is 40.9. The van der Waals surface area contributed by atoms with Crippen molar-refractivity contribution in [3.05, 3.63) is 35.4 Å². The molecule has 384 valence electrons. The summed E-state index contributed by atoms with van der Waals surface area (Å²) in [5.74, 6) is 6.01. The number of hydrogen-bond acceptors (Lipinski definition) is 14. The summed E-state index contributed by atoms with van der Waals surface area (Å²) in [5.41, 5.74) is -1.40. The summed E-state index contributed by atoms with van der Waals surface area (Å²) < 4.78 is 20.7. The number of fused-ring (bicyclic) bond motifs is 9. The number of benzene rings is 1. The summed E-state index contributed by atoms with van der Waals surface area (Å²) in [7, 11) is 5.14. The monoisotopic (exact) mass is 1000 g/mol. The van der Waals surface area contributed by atoms with Crippen LogP contribution in [0.1, 0.15) is 146 Å². The van der Waals surface area contributed by atoms with Gasteiger partial charge in [-0.15, -0.1) is 5.92 Å². The van der Waals surface area contributed by atoms with Crippen molar-refractivity contribution in [1.82, 2.24) is 16.0 Å². The van der Waals surface area contributed by atoms with Gasteiger partial charge in [-0.3, -0.25) is 9.59 Å². The van der Waals surface area contributed by atoms with Crippen LogP contribution in [0.25, 0.3) is 0 Å². The molecule has 5 aliphatic carbocycles. The molecular weight excluding hydrogens is 927 g/mol. The van der Waals surface area contributed by atoms with E-state index in [1.165, 1.54) is 6.92 Å². The van der Waals surface area contributed by atoms with E-state index in [0.717, 1.165) is 56.1 Å². The summed E-state index contributed by atoms with van der Waals surface area (Å²) in [4.78, 5) is 42.9. The second-order valence-corrected chi connectivity index (χ2v) is 25.9. The Balaban J connectivity index is 1.18. The van der Waals surface area contributed by atoms with E-state index in [1.807, 2.05) is 14.0 Å². The van der Waals surface area contributed by atoms with Crippen molar-refractivity contribution < 1.29 is 49.0 Å². The van der Waals surface area contributed by atoms with Crippen LogP contribution < -0.4 is 20.7 Å². The van der Waals surface area contributed by atoms with Crippen LogP contribution in [0, 0.1) is 58.2 Å². The molecule has 2 saturated carbocycles. The van der Waals surface area contributed by atoms with Gasteiger partial charge >= 0.3 is 11.9 Å². The van der Waals surface area contributed by atoms with Crippen molar-refractivity contribution >= 4 is 39.4 Å². The number of aromatic hydroxyl groups is 1. The number of likely N-dealkylation sites (N-methyl/N-ethyl adjacent to an activating group) is 1. The molecule has 0 aromatic heterocycles. The Morgan fingerprint density at radius 2 is 1.80 bits per heavy atom. The molecule has 5 aliphatic heterocycles. The minimum atomic E-state index is -1.18. The number of aliphatic hydroxyl groups is 3. The smallest absolute Gasteiger partial charge is 0.332 e. The summed E-state index contributed by atoms with van der Waals surface area (Å²) in [6.45, 7) is 5.05. The molecule has 70 heavy (non-hydrogen) atoms. The van der Waals surface area contributed by atoms with Gasteiger partial charge < -0.3 is 50.6 Å². The molecule has 0 unspecified atom stereocenters. The molecule has 1 spiro atoms. The molecule has 1 aromatic carbocycles. The van der Waals surface area contributed by atoms with Gasteiger partial charge in [0.15, 0.2) is 11.5 Å². The number of hydrogen-bond donors (Lipinski definition) is 7. The predicted octanol–water partition coefficient (Wildman–Crippen LogP) is 6.65. The maximum Gasteiger partial charge on any atom is 0.332 e. The van der Waals surface area contributed by atoms with E-state index in [4.69, 9.17) is 14.2 Å². The molecule has 11 rings (SSSR count). The van der Waals surface area contributed by atoms with Gasteiger partial charge in [0.2, 0.25) is 5.91 Å². The van der Waals surface area contributed by atoms with Gasteiger partial charge in [0.25, 0.3) is 0 Å². The van der Waals surface area contributed by atoms with Gasteiger partial charge in [0.05, 0.1) is 23.6 Å². The fourth-order valence-corrected chi connectivity index (χ4v) is 19.1. The first kappa shape index (κ1) is 50.6. The summed E-state index contributed by atoms with van der Waals surface area (Å²) >= 11 is 0. The molecule has 2 bridgehead atoms. The standard InChI is InChI=1S/C55H77N3O10S2/c1-32(60)67-42-27-44(68-51(64)55-20-5-4-11-36(55)13-17-45(62)58-55)54(21-23-57-24-22-54)47-33(25-39-40(53(30-59)18-6-7-19-53)29-66-50-41(61)15-14-37(47)46(39)50)9-8-10-35-28-52(2,65)31-69-70-43-16-12-34(26-38(35)42)49(63)48(43)56-3/h12,14-16,33-36,38-40,42-44,47-49,56-57,59,61,63,65H,4-7,10-11,13,17-31H2,1-3H3,(H,58,62)/t33-,34-,35-,36+,38-,39-,40+,42-,43+,44+,47-,48+,49-,52+,55+/m0/s1. The van der Waals surface area contributed by atoms with E-state index >= 15 is 4.79 Å². The maximum atomic E-state index is 15.7. The van der Waals surface area contributed by atoms with Gasteiger partial charge in [-0.2, -0.15) is 0 Å². The molecule has 10 aliphatic rings. The topological polar surface area (TPSA) is 196 Å². The first-order valence-electron chi connectivity index (χ1n) is 26.7. The minimum absolute atomic E-state index is 0.00524. The van der Waals surface area contributed by atoms with E-state index in [1.54, 1.807) is 27.7 Å². The Kier molecular flexibility index (Phi) is 14.7. The van der Waals surface area contributed by atoms with Gasteiger partial charge in [-0.05, 0) is 121 Å². The fraction of sp³-hybridized carbons (Fsp3) is 0.764. The van der Waals surface area contributed by atoms with Gasteiger partial charge in [-0.25, -0.2) is 4.79 Å². The number of phenolic OH excluding ortho intramolecular Hbond substituents is 1. The van der Waals surface area contributed by atoms with Crippen molar-refractivity contribution in [2.75, 3.05) is 39.1 Å². The number of esters is 2. The first-order valence-corrected chi connectivity index (χ1v) is 29.1. The lowest BCUT2D eigenvalue weighted by molar-refractivity contribution is -0.183. The number of nitrogens with one attached hydrogen (secondary N) is 3. The maximum absolute atomic E-state index is 15.7. The highest BCUT2D eigenvalue weighted by Gasteiger charge is 2.61. The number of rotatable bonds is 6. The van der Waals surface area contributed by atoms with Crippen molar-refractivity contribution in [2.45, 2.75) is 176 Å². The van der Waals surface area contributed by atoms with Crippen LogP contribution in [0.2, 0.25) is 0 Å². The SMILES string of the molecule is CN[C@H]1[C@@H](O)[C@H]2C=C[C@H]1SSC[C@](C)(O)C[C@@H]1CC#C[C@H]3C[C@@H]4c5c(ccc(O)c5OC[C@H]4C4(CO)CCCC4)[C@H]3C3(CCNCC3)[C@H](OC(=O)[C@@]34CCCC[C@@H]3CCC(=O)N4)C[C@H](OC(C)=O)[C@H]1C2.